The zero-order valence-corrected chi connectivity index (χ0v) is 21.6. The van der Waals surface area contributed by atoms with Gasteiger partial charge in [-0.25, -0.2) is 23.9 Å². The lowest BCUT2D eigenvalue weighted by Gasteiger charge is -2.08. The fraction of sp³-hybridized carbons (Fsp3) is 0.160. The lowest BCUT2D eigenvalue weighted by molar-refractivity contribution is -0.193. The highest BCUT2D eigenvalue weighted by Gasteiger charge is 2.38. The molecule has 2 aromatic carbocycles. The average molecular weight is 618 g/mol. The summed E-state index contributed by atoms with van der Waals surface area (Å²) in [4.78, 5) is 27.6. The molecule has 4 rings (SSSR count). The van der Waals surface area contributed by atoms with Crippen LogP contribution in [-0.2, 0) is 16.0 Å². The Morgan fingerprint density at radius 3 is 2.14 bits per heavy atom. The first-order chi connectivity index (χ1) is 19.6. The summed E-state index contributed by atoms with van der Waals surface area (Å²) in [6.07, 6.45) is -7.90. The van der Waals surface area contributed by atoms with Gasteiger partial charge in [-0.1, -0.05) is 36.0 Å². The average Bonchev–Trinajstić information content (AvgIpc) is 3.33. The number of halogens is 7. The number of hydrogen-bond donors (Lipinski definition) is 4. The predicted octanol–water partition coefficient (Wildman–Crippen LogP) is 5.95. The first-order valence-electron chi connectivity index (χ1n) is 11.2. The third-order valence-electron chi connectivity index (χ3n) is 4.67. The summed E-state index contributed by atoms with van der Waals surface area (Å²) in [7, 11) is 0. The van der Waals surface area contributed by atoms with Crippen LogP contribution in [0.15, 0.2) is 70.7 Å². The molecule has 17 heteroatoms. The zero-order valence-electron chi connectivity index (χ0n) is 20.8. The third kappa shape index (κ3) is 10.6. The van der Waals surface area contributed by atoms with Crippen molar-refractivity contribution in [2.45, 2.75) is 23.7 Å². The number of carbonyl (C=O) groups is 2. The van der Waals surface area contributed by atoms with E-state index < -0.39 is 24.3 Å². The number of alkyl halides is 6. The van der Waals surface area contributed by atoms with Crippen molar-refractivity contribution >= 4 is 40.9 Å². The fourth-order valence-corrected chi connectivity index (χ4v) is 3.86. The van der Waals surface area contributed by atoms with Crippen molar-refractivity contribution in [3.63, 3.8) is 0 Å². The van der Waals surface area contributed by atoms with Crippen molar-refractivity contribution in [1.82, 2.24) is 9.97 Å². The Morgan fingerprint density at radius 1 is 0.976 bits per heavy atom. The van der Waals surface area contributed by atoms with Gasteiger partial charge in [-0.2, -0.15) is 31.6 Å². The number of aromatic nitrogens is 2. The maximum absolute atomic E-state index is 13.3. The van der Waals surface area contributed by atoms with E-state index in [1.54, 1.807) is 18.3 Å². The Morgan fingerprint density at radius 2 is 1.60 bits per heavy atom. The molecule has 4 N–H and O–H groups in total. The maximum Gasteiger partial charge on any atom is 0.490 e. The molecule has 0 atom stereocenters. The Balaban J connectivity index is 0.000000367. The van der Waals surface area contributed by atoms with Gasteiger partial charge in [0, 0.05) is 17.6 Å². The predicted molar refractivity (Wildman–Crippen MR) is 136 cm³/mol. The number of carboxylic acid groups (broad SMARTS) is 2. The highest BCUT2D eigenvalue weighted by atomic mass is 32.2. The summed E-state index contributed by atoms with van der Waals surface area (Å²) in [5.41, 5.74) is 2.90. The molecule has 222 valence electrons. The quantitative estimate of drug-likeness (QED) is 0.200. The van der Waals surface area contributed by atoms with Gasteiger partial charge >= 0.3 is 24.3 Å². The fourth-order valence-electron chi connectivity index (χ4n) is 2.85. The van der Waals surface area contributed by atoms with Crippen molar-refractivity contribution in [3.8, 4) is 6.07 Å². The van der Waals surface area contributed by atoms with Crippen LogP contribution in [0.1, 0.15) is 11.3 Å². The van der Waals surface area contributed by atoms with Gasteiger partial charge in [0.15, 0.2) is 0 Å². The minimum absolute atomic E-state index is 0.247. The van der Waals surface area contributed by atoms with Crippen LogP contribution in [-0.4, -0.2) is 51.0 Å². The van der Waals surface area contributed by atoms with E-state index in [0.29, 0.717) is 30.2 Å². The smallest absolute Gasteiger partial charge is 0.475 e. The van der Waals surface area contributed by atoms with Crippen LogP contribution < -0.4 is 10.6 Å². The van der Waals surface area contributed by atoms with Crippen LogP contribution in [0, 0.1) is 17.1 Å². The number of nitrogens with one attached hydrogen (secondary N) is 2. The molecule has 0 radical (unpaired) electrons. The summed E-state index contributed by atoms with van der Waals surface area (Å²) >= 11 is 1.52. The number of anilines is 2. The number of para-hydroxylation sites is 1. The maximum atomic E-state index is 13.3. The van der Waals surface area contributed by atoms with E-state index in [4.69, 9.17) is 19.8 Å². The first kappa shape index (κ1) is 33.4. The van der Waals surface area contributed by atoms with Gasteiger partial charge in [-0.3, -0.25) is 0 Å². The SMILES string of the molecule is N#C/C(=C1/Nc2ccccc2S1)c1ccnc(NCCc2cccc(F)c2)n1.O=C(O)C(F)(F)F.O=C(O)C(F)(F)F. The minimum Gasteiger partial charge on any atom is -0.475 e. The number of benzene rings is 2. The summed E-state index contributed by atoms with van der Waals surface area (Å²) < 4.78 is 76.7. The highest BCUT2D eigenvalue weighted by Crippen LogP contribution is 2.43. The van der Waals surface area contributed by atoms with Gasteiger partial charge in [-0.05, 0) is 42.3 Å². The molecule has 0 saturated carbocycles. The molecule has 9 nitrogen and oxygen atoms in total. The molecule has 0 fully saturated rings. The highest BCUT2D eigenvalue weighted by molar-refractivity contribution is 8.04. The molecule has 0 spiro atoms. The lowest BCUT2D eigenvalue weighted by Crippen LogP contribution is -2.21. The van der Waals surface area contributed by atoms with Crippen LogP contribution in [0.4, 0.5) is 42.4 Å². The van der Waals surface area contributed by atoms with Crippen LogP contribution in [0.3, 0.4) is 0 Å². The van der Waals surface area contributed by atoms with Crippen LogP contribution in [0.25, 0.3) is 5.57 Å². The molecule has 0 saturated heterocycles. The van der Waals surface area contributed by atoms with Gasteiger partial charge in [0.25, 0.3) is 0 Å². The molecular weight excluding hydrogens is 599 g/mol. The van der Waals surface area contributed by atoms with E-state index in [2.05, 4.69) is 26.7 Å². The van der Waals surface area contributed by atoms with Crippen LogP contribution >= 0.6 is 11.8 Å². The number of nitriles is 1. The minimum atomic E-state index is -5.08. The molecule has 1 aliphatic rings. The number of rotatable bonds is 5. The van der Waals surface area contributed by atoms with Crippen LogP contribution in [0.2, 0.25) is 0 Å². The molecule has 42 heavy (non-hydrogen) atoms. The van der Waals surface area contributed by atoms with Crippen molar-refractivity contribution in [3.05, 3.63) is 82.9 Å². The number of hydrogen-bond acceptors (Lipinski definition) is 8. The second kappa shape index (κ2) is 14.7. The summed E-state index contributed by atoms with van der Waals surface area (Å²) in [5.74, 6) is -5.33. The topological polar surface area (TPSA) is 148 Å². The molecule has 3 aromatic rings. The normalized spacial score (nSPS) is 13.1. The second-order valence-corrected chi connectivity index (χ2v) is 8.77. The molecule has 1 aromatic heterocycles. The number of thioether (sulfide) groups is 1. The zero-order chi connectivity index (χ0) is 31.5. The summed E-state index contributed by atoms with van der Waals surface area (Å²) in [5, 5.41) is 31.1. The third-order valence-corrected chi connectivity index (χ3v) is 5.75. The van der Waals surface area contributed by atoms with E-state index in [1.165, 1.54) is 23.9 Å². The van der Waals surface area contributed by atoms with Crippen molar-refractivity contribution in [1.29, 1.82) is 5.26 Å². The second-order valence-electron chi connectivity index (χ2n) is 7.72. The van der Waals surface area contributed by atoms with Gasteiger partial charge in [-0.15, -0.1) is 0 Å². The Kier molecular flexibility index (Phi) is 11.7. The van der Waals surface area contributed by atoms with Gasteiger partial charge in [0.1, 0.15) is 17.5 Å². The van der Waals surface area contributed by atoms with E-state index in [9.17, 15) is 36.0 Å². The van der Waals surface area contributed by atoms with E-state index >= 15 is 0 Å². The molecule has 0 unspecified atom stereocenters. The summed E-state index contributed by atoms with van der Waals surface area (Å²) in [6.45, 7) is 0.559. The molecule has 0 aliphatic carbocycles. The van der Waals surface area contributed by atoms with E-state index in [0.717, 1.165) is 21.2 Å². The number of aliphatic carboxylic acids is 2. The van der Waals surface area contributed by atoms with Crippen molar-refractivity contribution in [2.75, 3.05) is 17.2 Å². The van der Waals surface area contributed by atoms with Crippen LogP contribution in [0.5, 0.6) is 0 Å². The molecule has 2 heterocycles. The number of fused-ring (bicyclic) bond motifs is 1. The Bertz CT molecular complexity index is 1440. The number of carboxylic acids is 2. The van der Waals surface area contributed by atoms with E-state index in [1.807, 2.05) is 30.3 Å². The van der Waals surface area contributed by atoms with Gasteiger partial charge in [0.05, 0.1) is 16.4 Å². The monoisotopic (exact) mass is 617 g/mol. The number of allylic oxidation sites excluding steroid dienone is 1. The van der Waals surface area contributed by atoms with E-state index in [-0.39, 0.29) is 5.82 Å². The Labute approximate surface area is 236 Å². The first-order valence-corrected chi connectivity index (χ1v) is 12.0. The van der Waals surface area contributed by atoms with Gasteiger partial charge < -0.3 is 20.8 Å². The number of nitrogens with zero attached hydrogens (tertiary/aromatic N) is 3. The Hall–Kier alpha value is -4.85. The van der Waals surface area contributed by atoms with Crippen molar-refractivity contribution < 1.29 is 50.5 Å². The molecule has 0 amide bonds. The summed E-state index contributed by atoms with van der Waals surface area (Å²) in [6, 6.07) is 18.4. The lowest BCUT2D eigenvalue weighted by atomic mass is 10.1. The molecular formula is C25H18F7N5O4S. The van der Waals surface area contributed by atoms with Crippen molar-refractivity contribution in [2.24, 2.45) is 0 Å². The molecule has 0 bridgehead atoms. The molecule has 1 aliphatic heterocycles. The van der Waals surface area contributed by atoms with Gasteiger partial charge in [0.2, 0.25) is 5.95 Å². The largest absolute Gasteiger partial charge is 0.490 e. The standard InChI is InChI=1S/C21H16FN5S.2C2HF3O2/c22-15-5-3-4-14(12-15)8-10-24-21-25-11-9-17(27-21)16(13-23)20-26-18-6-1-2-7-19(18)28-20;2*3-2(4,5)1(6)7/h1-7,9,11-12,26H,8,10H2,(H,24,25,27);2*(H,6,7)/b20-16+;;.